The second-order valence-corrected chi connectivity index (χ2v) is 16.0. The lowest BCUT2D eigenvalue weighted by molar-refractivity contribution is 0.440. The molecule has 0 heterocycles. The molecular weight excluding hydrogens is 617 g/mol. The number of nitrogens with zero attached hydrogens (tertiary/aromatic N) is 4. The Morgan fingerprint density at radius 1 is 0.609 bits per heavy atom. The Labute approximate surface area is 276 Å². The summed E-state index contributed by atoms with van der Waals surface area (Å²) in [5.41, 5.74) is 3.25. The van der Waals surface area contributed by atoms with Gasteiger partial charge in [0.15, 0.2) is 19.7 Å². The van der Waals surface area contributed by atoms with Gasteiger partial charge in [0.05, 0.1) is 20.3 Å². The van der Waals surface area contributed by atoms with Crippen LogP contribution in [0.3, 0.4) is 0 Å². The first kappa shape index (κ1) is 38.2. The number of sulfone groups is 2. The van der Waals surface area contributed by atoms with Crippen molar-refractivity contribution in [3.8, 4) is 0 Å². The second kappa shape index (κ2) is 18.2. The van der Waals surface area contributed by atoms with Crippen molar-refractivity contribution < 1.29 is 16.8 Å². The molecule has 2 unspecified atom stereocenters. The molecule has 46 heavy (non-hydrogen) atoms. The fourth-order valence-electron chi connectivity index (χ4n) is 4.38. The van der Waals surface area contributed by atoms with Crippen molar-refractivity contribution in [1.29, 1.82) is 0 Å². The maximum atomic E-state index is 13.6. The highest BCUT2D eigenvalue weighted by atomic mass is 32.2. The summed E-state index contributed by atoms with van der Waals surface area (Å²) in [5.74, 6) is 0. The summed E-state index contributed by atoms with van der Waals surface area (Å²) >= 11 is 0. The molecule has 0 aliphatic carbocycles. The van der Waals surface area contributed by atoms with Crippen molar-refractivity contribution in [2.45, 2.75) is 60.8 Å². The summed E-state index contributed by atoms with van der Waals surface area (Å²) in [4.78, 5) is 0.542. The highest BCUT2D eigenvalue weighted by Crippen LogP contribution is 2.25. The molecule has 0 saturated heterocycles. The van der Waals surface area contributed by atoms with Crippen molar-refractivity contribution in [1.82, 2.24) is 10.0 Å². The quantitative estimate of drug-likeness (QED) is 0.110. The first-order chi connectivity index (χ1) is 21.6. The van der Waals surface area contributed by atoms with Crippen LogP contribution in [0.4, 0.5) is 0 Å². The minimum Gasteiger partial charge on any atom is -0.303 e. The summed E-state index contributed by atoms with van der Waals surface area (Å²) in [7, 11) is -0.0750. The monoisotopic (exact) mass is 664 g/mol. The van der Waals surface area contributed by atoms with Crippen LogP contribution in [0.2, 0.25) is 0 Å². The van der Waals surface area contributed by atoms with E-state index in [2.05, 4.69) is 10.2 Å². The SMILES string of the molecule is CC(/C=N/N(C)C)=C\C(C/C(C)=C/C=C/C=C(\C)CC(/C=C(C)/C=N/N(C)C)S(=O)(=O)c1ccccc1)S(=O)(=O)c1ccccc1. The number of hydrazone groups is 2. The second-order valence-electron chi connectivity index (χ2n) is 11.6. The largest absolute Gasteiger partial charge is 0.303 e. The van der Waals surface area contributed by atoms with Crippen molar-refractivity contribution in [3.05, 3.63) is 119 Å². The van der Waals surface area contributed by atoms with Crippen LogP contribution in [0.5, 0.6) is 0 Å². The number of hydrogen-bond acceptors (Lipinski definition) is 8. The van der Waals surface area contributed by atoms with Gasteiger partial charge in [-0.15, -0.1) is 0 Å². The van der Waals surface area contributed by atoms with Crippen LogP contribution in [-0.2, 0) is 19.7 Å². The predicted molar refractivity (Wildman–Crippen MR) is 193 cm³/mol. The minimum absolute atomic E-state index is 0.271. The normalized spacial score (nSPS) is 15.6. The molecule has 2 aromatic carbocycles. The molecule has 0 aliphatic heterocycles. The van der Waals surface area contributed by atoms with E-state index in [9.17, 15) is 16.8 Å². The first-order valence-corrected chi connectivity index (χ1v) is 18.1. The van der Waals surface area contributed by atoms with Gasteiger partial charge in [-0.05, 0) is 75.9 Å². The van der Waals surface area contributed by atoms with E-state index in [0.29, 0.717) is 12.8 Å². The average molecular weight is 665 g/mol. The van der Waals surface area contributed by atoms with E-state index in [4.69, 9.17) is 0 Å². The molecule has 0 radical (unpaired) electrons. The van der Waals surface area contributed by atoms with Gasteiger partial charge in [0.25, 0.3) is 0 Å². The van der Waals surface area contributed by atoms with Crippen LogP contribution in [0.15, 0.2) is 139 Å². The van der Waals surface area contributed by atoms with Crippen LogP contribution < -0.4 is 0 Å². The molecule has 2 atom stereocenters. The number of benzene rings is 2. The standard InChI is InChI=1S/C36H48N4O4S2/c1-29(23-35(25-31(3)27-37-39(5)6)45(41,42)33-19-11-9-12-20-33)17-15-16-18-30(2)24-36(26-32(4)28-38-40(7)8)46(43,44)34-21-13-10-14-22-34/h9-22,25-28,35-36H,23-24H2,1-8H3/b16-15+,29-17+,30-18+,31-25+,32-26+,37-27+,38-28+. The Bertz CT molecular complexity index is 1570. The van der Waals surface area contributed by atoms with E-state index in [-0.39, 0.29) is 9.79 Å². The van der Waals surface area contributed by atoms with Gasteiger partial charge in [0.2, 0.25) is 0 Å². The fourth-order valence-corrected chi connectivity index (χ4v) is 7.91. The molecule has 8 nitrogen and oxygen atoms in total. The summed E-state index contributed by atoms with van der Waals surface area (Å²) in [6, 6.07) is 16.9. The number of rotatable bonds is 16. The minimum atomic E-state index is -3.65. The average Bonchev–Trinajstić information content (AvgIpc) is 3.01. The Morgan fingerprint density at radius 2 is 0.935 bits per heavy atom. The van der Waals surface area contributed by atoms with E-state index in [1.807, 2.05) is 52.0 Å². The Hall–Kier alpha value is -4.02. The van der Waals surface area contributed by atoms with Crippen LogP contribution in [-0.4, -0.2) is 78.0 Å². The van der Waals surface area contributed by atoms with Gasteiger partial charge >= 0.3 is 0 Å². The third kappa shape index (κ3) is 12.8. The molecule has 0 aromatic heterocycles. The van der Waals surface area contributed by atoms with Gasteiger partial charge in [0.1, 0.15) is 0 Å². The summed E-state index contributed by atoms with van der Waals surface area (Å²) < 4.78 is 54.3. The van der Waals surface area contributed by atoms with Crippen molar-refractivity contribution >= 4 is 32.1 Å². The van der Waals surface area contributed by atoms with Gasteiger partial charge in [-0.3, -0.25) is 0 Å². The Morgan fingerprint density at radius 3 is 1.24 bits per heavy atom. The maximum Gasteiger partial charge on any atom is 0.185 e. The summed E-state index contributed by atoms with van der Waals surface area (Å²) in [5, 5.41) is 10.2. The molecule has 0 bridgehead atoms. The first-order valence-electron chi connectivity index (χ1n) is 15.0. The van der Waals surface area contributed by atoms with Gasteiger partial charge in [-0.1, -0.05) is 84.0 Å². The highest BCUT2D eigenvalue weighted by molar-refractivity contribution is 7.92. The zero-order valence-electron chi connectivity index (χ0n) is 28.2. The zero-order valence-corrected chi connectivity index (χ0v) is 29.8. The van der Waals surface area contributed by atoms with E-state index < -0.39 is 30.2 Å². The van der Waals surface area contributed by atoms with Gasteiger partial charge in [0, 0.05) is 40.6 Å². The van der Waals surface area contributed by atoms with Crippen molar-refractivity contribution in [3.63, 3.8) is 0 Å². The molecule has 10 heteroatoms. The van der Waals surface area contributed by atoms with Crippen molar-refractivity contribution in [2.24, 2.45) is 10.2 Å². The summed E-state index contributed by atoms with van der Waals surface area (Å²) in [6.45, 7) is 7.47. The molecule has 0 N–H and O–H groups in total. The number of allylic oxidation sites excluding steroid dienone is 8. The van der Waals surface area contributed by atoms with Gasteiger partial charge < -0.3 is 10.0 Å². The lowest BCUT2D eigenvalue weighted by Crippen LogP contribution is -2.20. The highest BCUT2D eigenvalue weighted by Gasteiger charge is 2.27. The van der Waals surface area contributed by atoms with Crippen molar-refractivity contribution in [2.75, 3.05) is 28.2 Å². The molecule has 2 rings (SSSR count). The van der Waals surface area contributed by atoms with Crippen LogP contribution in [0.25, 0.3) is 0 Å². The molecule has 2 aromatic rings. The lowest BCUT2D eigenvalue weighted by atomic mass is 10.1. The molecule has 0 saturated carbocycles. The molecule has 0 amide bonds. The molecule has 248 valence electrons. The molecular formula is C36H48N4O4S2. The van der Waals surface area contributed by atoms with Gasteiger partial charge in [-0.2, -0.15) is 10.2 Å². The third-order valence-corrected chi connectivity index (χ3v) is 10.8. The lowest BCUT2D eigenvalue weighted by Gasteiger charge is -2.16. The van der Waals surface area contributed by atoms with Gasteiger partial charge in [-0.25, -0.2) is 16.8 Å². The molecule has 0 fully saturated rings. The molecule has 0 aliphatic rings. The van der Waals surface area contributed by atoms with Crippen LogP contribution >= 0.6 is 0 Å². The molecule has 0 spiro atoms. The Balaban J connectivity index is 2.32. The smallest absolute Gasteiger partial charge is 0.185 e. The summed E-state index contributed by atoms with van der Waals surface area (Å²) in [6.07, 6.45) is 14.8. The zero-order chi connectivity index (χ0) is 34.3. The number of hydrogen-bond donors (Lipinski definition) is 0. The fraction of sp³-hybridized carbons (Fsp3) is 0.333. The van der Waals surface area contributed by atoms with Crippen LogP contribution in [0, 0.1) is 0 Å². The predicted octanol–water partition coefficient (Wildman–Crippen LogP) is 6.89. The van der Waals surface area contributed by atoms with Crippen LogP contribution in [0.1, 0.15) is 40.5 Å². The van der Waals surface area contributed by atoms with E-state index in [1.54, 1.807) is 123 Å². The van der Waals surface area contributed by atoms with E-state index >= 15 is 0 Å². The topological polar surface area (TPSA) is 99.5 Å². The Kier molecular flexibility index (Phi) is 15.1. The third-order valence-electron chi connectivity index (χ3n) is 6.74. The maximum absolute atomic E-state index is 13.6. The van der Waals surface area contributed by atoms with E-state index in [1.165, 1.54) is 0 Å². The van der Waals surface area contributed by atoms with E-state index in [0.717, 1.165) is 22.3 Å².